The Morgan fingerprint density at radius 2 is 0.689 bits per heavy atom. The van der Waals surface area contributed by atoms with E-state index in [0.717, 1.165) is 22.8 Å². The Morgan fingerprint density at radius 1 is 0.489 bits per heavy atom. The number of nitroso groups, excluding NO2 is 2. The van der Waals surface area contributed by atoms with Gasteiger partial charge in [-0.15, -0.1) is 33.0 Å². The molecule has 0 spiro atoms. The molecule has 0 N–H and O–H groups in total. The maximum Gasteiger partial charge on any atom is 1.00 e. The van der Waals surface area contributed by atoms with Gasteiger partial charge in [-0.1, -0.05) is 36.4 Å². The first-order valence-corrected chi connectivity index (χ1v) is 14.9. The van der Waals surface area contributed by atoms with Gasteiger partial charge in [-0.25, -0.2) is 0 Å². The molecule has 18 heteroatoms. The monoisotopic (exact) mass is 779 g/mol. The molecule has 45 heavy (non-hydrogen) atoms. The number of pyridine rings is 4. The van der Waals surface area contributed by atoms with Crippen molar-refractivity contribution in [1.29, 1.82) is 0 Å². The summed E-state index contributed by atoms with van der Waals surface area (Å²) in [6.07, 6.45) is 7.07. The minimum absolute atomic E-state index is 0. The van der Waals surface area contributed by atoms with Crippen molar-refractivity contribution in [2.24, 2.45) is 10.4 Å². The van der Waals surface area contributed by atoms with E-state index in [1.54, 1.807) is 36.9 Å². The second-order valence-corrected chi connectivity index (χ2v) is 10.3. The van der Waals surface area contributed by atoms with E-state index < -0.39 is 7.81 Å². The van der Waals surface area contributed by atoms with Crippen molar-refractivity contribution in [2.75, 3.05) is 5.34 Å². The van der Waals surface area contributed by atoms with Crippen molar-refractivity contribution >= 4 is 42.4 Å². The summed E-state index contributed by atoms with van der Waals surface area (Å²) in [6.45, 7) is 0. The normalized spacial score (nSPS) is 11.1. The van der Waals surface area contributed by atoms with Gasteiger partial charge in [-0.05, 0) is 71.0 Å². The van der Waals surface area contributed by atoms with Crippen molar-refractivity contribution in [3.05, 3.63) is 132 Å². The van der Waals surface area contributed by atoms with Gasteiger partial charge in [0.2, 0.25) is 0 Å². The first-order chi connectivity index (χ1) is 20.7. The molecule has 0 fully saturated rings. The molecule has 5 rings (SSSR count). The Kier molecular flexibility index (Phi) is 17.9. The minimum atomic E-state index is -10.7. The van der Waals surface area contributed by atoms with Crippen LogP contribution in [0.4, 0.5) is 36.6 Å². The fraction of sp³-hybridized carbons (Fsp3) is 0.0370. The molecule has 1 radical (unpaired) electrons. The molecule has 0 unspecified atom stereocenters. The SMILES string of the molecule is ClCCl.F[P-](F)(F)(F)(F)F.O=Nc1ccccc1N=O.[Ru+].c1ccc(-c2ccccn2)nc1.c1ccc(-c2ccccn2)nc1. The van der Waals surface area contributed by atoms with E-state index in [4.69, 9.17) is 23.2 Å². The van der Waals surface area contributed by atoms with E-state index in [9.17, 15) is 35.0 Å². The van der Waals surface area contributed by atoms with Gasteiger partial charge >= 0.3 is 52.5 Å². The molecule has 241 valence electrons. The predicted molar refractivity (Wildman–Crippen MR) is 162 cm³/mol. The Hall–Kier alpha value is -3.77. The van der Waals surface area contributed by atoms with Crippen LogP contribution in [0.1, 0.15) is 0 Å². The van der Waals surface area contributed by atoms with Crippen LogP contribution in [0.2, 0.25) is 0 Å². The molecule has 0 atom stereocenters. The topological polar surface area (TPSA) is 110 Å². The molecule has 8 nitrogen and oxygen atoms in total. The van der Waals surface area contributed by atoms with E-state index >= 15 is 0 Å². The third-order valence-corrected chi connectivity index (χ3v) is 4.26. The third-order valence-electron chi connectivity index (χ3n) is 4.26. The second kappa shape index (κ2) is 19.6. The minimum Gasteiger partial charge on any atom is -0.255 e. The average molecular weight is 779 g/mol. The Morgan fingerprint density at radius 3 is 0.844 bits per heavy atom. The molecule has 0 amide bonds. The van der Waals surface area contributed by atoms with Gasteiger partial charge in [0.15, 0.2) is 0 Å². The molecule has 0 aliphatic rings. The van der Waals surface area contributed by atoms with Crippen LogP contribution in [0.15, 0.2) is 132 Å². The molecular weight excluding hydrogens is 757 g/mol. The van der Waals surface area contributed by atoms with Gasteiger partial charge in [0.25, 0.3) is 0 Å². The van der Waals surface area contributed by atoms with Crippen LogP contribution in [-0.4, -0.2) is 25.3 Å². The molecule has 5 aromatic rings. The number of nitrogens with zero attached hydrogens (tertiary/aromatic N) is 6. The standard InChI is InChI=1S/2C10H8N2.C6H4N2O2.CH2Cl2.F6P.Ru/c2*1-3-7-11-9(5-1)10-6-2-4-8-12-10;9-7-5-3-1-2-4-6(5)8-10;2-1-3;1-7(2,3,4,5)6;/h2*1-8H;1-4H;1H2;;/q;;;;-1;+1. The Balaban J connectivity index is 0.000000563. The fourth-order valence-corrected chi connectivity index (χ4v) is 2.68. The van der Waals surface area contributed by atoms with E-state index in [1.807, 2.05) is 72.8 Å². The smallest absolute Gasteiger partial charge is 0.255 e. The third kappa shape index (κ3) is 22.4. The number of halogens is 8. The maximum absolute atomic E-state index is 10.7. The molecule has 0 bridgehead atoms. The van der Waals surface area contributed by atoms with Gasteiger partial charge < -0.3 is 0 Å². The van der Waals surface area contributed by atoms with E-state index in [2.05, 4.69) is 30.3 Å². The van der Waals surface area contributed by atoms with Crippen molar-refractivity contribution in [1.82, 2.24) is 19.9 Å². The second-order valence-electron chi connectivity index (χ2n) is 7.59. The molecule has 0 aliphatic carbocycles. The van der Waals surface area contributed by atoms with Gasteiger partial charge in [0.1, 0.15) is 11.4 Å². The predicted octanol–water partition coefficient (Wildman–Crippen LogP) is 11.6. The van der Waals surface area contributed by atoms with E-state index in [0.29, 0.717) is 0 Å². The zero-order chi connectivity index (χ0) is 33.0. The van der Waals surface area contributed by atoms with Gasteiger partial charge in [0.05, 0.1) is 28.1 Å². The summed E-state index contributed by atoms with van der Waals surface area (Å²) in [5.74, 6) is 0. The fourth-order valence-electron chi connectivity index (χ4n) is 2.68. The number of rotatable bonds is 4. The van der Waals surface area contributed by atoms with Crippen molar-refractivity contribution in [2.45, 2.75) is 0 Å². The van der Waals surface area contributed by atoms with Crippen molar-refractivity contribution < 1.29 is 44.7 Å². The summed E-state index contributed by atoms with van der Waals surface area (Å²) in [6, 6.07) is 29.3. The van der Waals surface area contributed by atoms with Crippen LogP contribution >= 0.6 is 31.0 Å². The van der Waals surface area contributed by atoms with E-state index in [-0.39, 0.29) is 36.2 Å². The zero-order valence-corrected chi connectivity index (χ0v) is 26.7. The largest absolute Gasteiger partial charge is 1.00 e. The molecule has 0 saturated heterocycles. The summed E-state index contributed by atoms with van der Waals surface area (Å²) in [5, 5.41) is 5.39. The molecule has 0 aliphatic heterocycles. The quantitative estimate of drug-likeness (QED) is 0.0590. The van der Waals surface area contributed by atoms with Crippen LogP contribution < -0.4 is 0 Å². The van der Waals surface area contributed by atoms with Crippen molar-refractivity contribution in [3.63, 3.8) is 0 Å². The van der Waals surface area contributed by atoms with Gasteiger partial charge in [0, 0.05) is 24.8 Å². The van der Waals surface area contributed by atoms with Gasteiger partial charge in [-0.2, -0.15) is 0 Å². The number of hydrogen-bond donors (Lipinski definition) is 0. The average Bonchev–Trinajstić information content (AvgIpc) is 3.02. The number of alkyl halides is 2. The zero-order valence-electron chi connectivity index (χ0n) is 22.6. The summed E-state index contributed by atoms with van der Waals surface area (Å²) in [4.78, 5) is 36.6. The molecule has 1 aromatic carbocycles. The Labute approximate surface area is 276 Å². The number of hydrogen-bond acceptors (Lipinski definition) is 8. The number of benzene rings is 1. The Bertz CT molecular complexity index is 1350. The molecular formula is C27H22Cl2F6N6O2PRu. The summed E-state index contributed by atoms with van der Waals surface area (Å²) < 4.78 is 59.2. The first kappa shape index (κ1) is 41.2. The summed E-state index contributed by atoms with van der Waals surface area (Å²) >= 11 is 9.53. The van der Waals surface area contributed by atoms with Crippen LogP contribution in [0.5, 0.6) is 0 Å². The molecule has 4 heterocycles. The number of aromatic nitrogens is 4. The van der Waals surface area contributed by atoms with Crippen LogP contribution in [0, 0.1) is 9.81 Å². The van der Waals surface area contributed by atoms with Crippen LogP contribution in [0.25, 0.3) is 22.8 Å². The van der Waals surface area contributed by atoms with Crippen LogP contribution in [-0.2, 0) is 19.5 Å². The maximum atomic E-state index is 9.94. The van der Waals surface area contributed by atoms with E-state index in [1.165, 1.54) is 12.1 Å². The summed E-state index contributed by atoms with van der Waals surface area (Å²) in [7, 11) is -10.7. The molecule has 0 saturated carbocycles. The van der Waals surface area contributed by atoms with Crippen molar-refractivity contribution in [3.8, 4) is 22.8 Å². The summed E-state index contributed by atoms with van der Waals surface area (Å²) in [5.41, 5.74) is 3.82. The first-order valence-electron chi connectivity index (χ1n) is 11.8. The van der Waals surface area contributed by atoms with Gasteiger partial charge in [-0.3, -0.25) is 19.9 Å². The molecule has 4 aromatic heterocycles. The van der Waals surface area contributed by atoms with Crippen LogP contribution in [0.3, 0.4) is 0 Å².